The molecule has 5 fully saturated rings. The Kier molecular flexibility index (Phi) is 3.34. The smallest absolute Gasteiger partial charge is 0.174 e. The van der Waals surface area contributed by atoms with Crippen molar-refractivity contribution in [3.05, 3.63) is 0 Å². The molecule has 3 heteroatoms. The van der Waals surface area contributed by atoms with Gasteiger partial charge in [-0.3, -0.25) is 4.79 Å². The second-order valence-corrected chi connectivity index (χ2v) is 9.84. The fourth-order valence-corrected chi connectivity index (χ4v) is 7.93. The molecule has 0 aromatic rings. The molecule has 6 atom stereocenters. The van der Waals surface area contributed by atoms with Crippen LogP contribution in [0.25, 0.3) is 0 Å². The largest absolute Gasteiger partial charge is 0.347 e. The molecule has 0 amide bonds. The molecule has 4 aliphatic carbocycles. The Bertz CT molecular complexity index is 551. The van der Waals surface area contributed by atoms with E-state index in [1.54, 1.807) is 0 Å². The lowest BCUT2D eigenvalue weighted by molar-refractivity contribution is -0.246. The maximum absolute atomic E-state index is 12.0. The van der Waals surface area contributed by atoms with Gasteiger partial charge in [0.15, 0.2) is 5.79 Å². The fourth-order valence-electron chi connectivity index (χ4n) is 7.93. The highest BCUT2D eigenvalue weighted by atomic mass is 16.7. The van der Waals surface area contributed by atoms with Crippen molar-refractivity contribution in [2.24, 2.45) is 34.5 Å². The molecule has 0 N–H and O–H groups in total. The molecule has 0 aromatic carbocycles. The zero-order chi connectivity index (χ0) is 16.6. The van der Waals surface area contributed by atoms with Gasteiger partial charge in [-0.2, -0.15) is 0 Å². The van der Waals surface area contributed by atoms with Gasteiger partial charge in [0.1, 0.15) is 5.78 Å². The van der Waals surface area contributed by atoms with Crippen LogP contribution >= 0.6 is 0 Å². The van der Waals surface area contributed by atoms with Crippen LogP contribution in [0.2, 0.25) is 0 Å². The van der Waals surface area contributed by atoms with Crippen LogP contribution in [-0.4, -0.2) is 24.8 Å². The summed E-state index contributed by atoms with van der Waals surface area (Å²) in [5.41, 5.74) is 0.615. The summed E-state index contributed by atoms with van der Waals surface area (Å²) in [6, 6.07) is 0. The third-order valence-corrected chi connectivity index (χ3v) is 9.28. The van der Waals surface area contributed by atoms with Gasteiger partial charge in [-0.1, -0.05) is 13.8 Å². The van der Waals surface area contributed by atoms with Gasteiger partial charge in [-0.25, -0.2) is 0 Å². The van der Waals surface area contributed by atoms with Crippen molar-refractivity contribution in [3.63, 3.8) is 0 Å². The second-order valence-electron chi connectivity index (χ2n) is 9.84. The maximum atomic E-state index is 12.0. The molecule has 0 aromatic heterocycles. The second kappa shape index (κ2) is 5.07. The van der Waals surface area contributed by atoms with Crippen molar-refractivity contribution in [3.8, 4) is 0 Å². The van der Waals surface area contributed by atoms with E-state index in [9.17, 15) is 4.79 Å². The Labute approximate surface area is 145 Å². The van der Waals surface area contributed by atoms with Gasteiger partial charge >= 0.3 is 0 Å². The fraction of sp³-hybridized carbons (Fsp3) is 0.952. The van der Waals surface area contributed by atoms with Crippen LogP contribution in [-0.2, 0) is 14.3 Å². The molecular weight excluding hydrogens is 300 g/mol. The average molecular weight is 332 g/mol. The monoisotopic (exact) mass is 332 g/mol. The van der Waals surface area contributed by atoms with Crippen molar-refractivity contribution < 1.29 is 14.3 Å². The number of fused-ring (bicyclic) bond motifs is 6. The first-order valence-electron chi connectivity index (χ1n) is 10.3. The summed E-state index contributed by atoms with van der Waals surface area (Å²) in [5.74, 6) is 3.29. The number of carbonyl (C=O) groups excluding carboxylic acids is 1. The minimum Gasteiger partial charge on any atom is -0.347 e. The predicted molar refractivity (Wildman–Crippen MR) is 91.4 cm³/mol. The van der Waals surface area contributed by atoms with E-state index in [2.05, 4.69) is 13.8 Å². The third-order valence-electron chi connectivity index (χ3n) is 9.28. The number of ketones is 1. The van der Waals surface area contributed by atoms with Crippen molar-refractivity contribution in [1.29, 1.82) is 0 Å². The molecule has 1 spiro atoms. The highest BCUT2D eigenvalue weighted by molar-refractivity contribution is 5.79. The molecular formula is C21H32O3. The molecule has 2 unspecified atom stereocenters. The number of Topliss-reactive ketones (excluding diaryl/α,β-unsaturated/α-hetero) is 1. The summed E-state index contributed by atoms with van der Waals surface area (Å²) >= 11 is 0. The Morgan fingerprint density at radius 2 is 1.67 bits per heavy atom. The molecule has 1 heterocycles. The third kappa shape index (κ3) is 1.84. The topological polar surface area (TPSA) is 35.5 Å². The number of carbonyl (C=O) groups is 1. The van der Waals surface area contributed by atoms with Crippen LogP contribution in [0.5, 0.6) is 0 Å². The van der Waals surface area contributed by atoms with E-state index in [1.807, 2.05) is 0 Å². The van der Waals surface area contributed by atoms with E-state index in [0.717, 1.165) is 56.7 Å². The van der Waals surface area contributed by atoms with Gasteiger partial charge in [-0.15, -0.1) is 0 Å². The zero-order valence-electron chi connectivity index (χ0n) is 15.3. The van der Waals surface area contributed by atoms with Gasteiger partial charge in [0.2, 0.25) is 0 Å². The molecule has 134 valence electrons. The summed E-state index contributed by atoms with van der Waals surface area (Å²) in [7, 11) is 0. The quantitative estimate of drug-likeness (QED) is 0.662. The number of ether oxygens (including phenoxy) is 2. The molecule has 4 saturated carbocycles. The summed E-state index contributed by atoms with van der Waals surface area (Å²) in [4.78, 5) is 12.0. The Morgan fingerprint density at radius 1 is 0.917 bits per heavy atom. The van der Waals surface area contributed by atoms with Gasteiger partial charge in [0.05, 0.1) is 13.2 Å². The Morgan fingerprint density at radius 3 is 2.46 bits per heavy atom. The minimum atomic E-state index is -0.275. The first kappa shape index (κ1) is 15.8. The Balaban J connectivity index is 1.46. The molecule has 0 radical (unpaired) electrons. The SMILES string of the molecule is C[C@]12CCC3C(CC[C@H]4CC(=O)CC[C@]34C)[C@@H]1CCC21OCCO1. The number of hydrogen-bond donors (Lipinski definition) is 0. The van der Waals surface area contributed by atoms with E-state index in [4.69, 9.17) is 9.47 Å². The molecule has 5 aliphatic rings. The van der Waals surface area contributed by atoms with Crippen molar-refractivity contribution in [2.45, 2.75) is 77.4 Å². The summed E-state index contributed by atoms with van der Waals surface area (Å²) in [6.07, 6.45) is 10.3. The van der Waals surface area contributed by atoms with Crippen LogP contribution in [0, 0.1) is 34.5 Å². The van der Waals surface area contributed by atoms with E-state index < -0.39 is 0 Å². The van der Waals surface area contributed by atoms with Crippen LogP contribution in [0.3, 0.4) is 0 Å². The van der Waals surface area contributed by atoms with Crippen molar-refractivity contribution in [1.82, 2.24) is 0 Å². The van der Waals surface area contributed by atoms with Crippen LogP contribution in [0.15, 0.2) is 0 Å². The summed E-state index contributed by atoms with van der Waals surface area (Å²) < 4.78 is 12.5. The normalized spacial score (nSPS) is 52.8. The van der Waals surface area contributed by atoms with Crippen molar-refractivity contribution in [2.75, 3.05) is 13.2 Å². The first-order valence-corrected chi connectivity index (χ1v) is 10.3. The predicted octanol–water partition coefficient (Wildman–Crippen LogP) is 4.34. The minimum absolute atomic E-state index is 0.207. The summed E-state index contributed by atoms with van der Waals surface area (Å²) in [6.45, 7) is 6.54. The number of rotatable bonds is 0. The molecule has 3 nitrogen and oxygen atoms in total. The zero-order valence-corrected chi connectivity index (χ0v) is 15.3. The molecule has 1 aliphatic heterocycles. The van der Waals surface area contributed by atoms with Gasteiger partial charge < -0.3 is 9.47 Å². The van der Waals surface area contributed by atoms with Crippen molar-refractivity contribution >= 4 is 5.78 Å². The van der Waals surface area contributed by atoms with Gasteiger partial charge in [-0.05, 0) is 67.6 Å². The lowest BCUT2D eigenvalue weighted by Crippen LogP contribution is -2.56. The molecule has 24 heavy (non-hydrogen) atoms. The molecule has 5 rings (SSSR count). The van der Waals surface area contributed by atoms with E-state index in [1.165, 1.54) is 32.1 Å². The van der Waals surface area contributed by atoms with Gasteiger partial charge in [0, 0.05) is 24.7 Å². The van der Waals surface area contributed by atoms with E-state index in [-0.39, 0.29) is 11.2 Å². The lowest BCUT2D eigenvalue weighted by Gasteiger charge is -2.60. The van der Waals surface area contributed by atoms with Crippen LogP contribution in [0.4, 0.5) is 0 Å². The number of hydrogen-bond acceptors (Lipinski definition) is 3. The standard InChI is InChI=1S/C21H32O3/c1-19-8-5-15(22)13-14(19)3-4-16-17(19)6-9-20(2)18(16)7-10-21(20)23-11-12-24-21/h14,16-18H,3-13H2,1-2H3/t14-,16?,17?,18-,19-,20-/m0/s1. The lowest BCUT2D eigenvalue weighted by atomic mass is 9.45. The average Bonchev–Trinajstić information content (AvgIpc) is 3.15. The highest BCUT2D eigenvalue weighted by Crippen LogP contribution is 2.69. The van der Waals surface area contributed by atoms with Crippen LogP contribution < -0.4 is 0 Å². The summed E-state index contributed by atoms with van der Waals surface area (Å²) in [5, 5.41) is 0. The molecule has 0 bridgehead atoms. The van der Waals surface area contributed by atoms with Crippen LogP contribution in [0.1, 0.15) is 71.6 Å². The maximum Gasteiger partial charge on any atom is 0.174 e. The Hall–Kier alpha value is -0.410. The van der Waals surface area contributed by atoms with Gasteiger partial charge in [0.25, 0.3) is 0 Å². The molecule has 1 saturated heterocycles. The first-order chi connectivity index (χ1) is 11.5. The van der Waals surface area contributed by atoms with E-state index >= 15 is 0 Å². The highest BCUT2D eigenvalue weighted by Gasteiger charge is 2.67. The van der Waals surface area contributed by atoms with E-state index in [0.29, 0.717) is 17.1 Å².